The Bertz CT molecular complexity index is 444. The van der Waals surface area contributed by atoms with Gasteiger partial charge in [0.1, 0.15) is 5.82 Å². The molecule has 106 valence electrons. The molecule has 0 unspecified atom stereocenters. The average molecular weight is 266 g/mol. The largest absolute Gasteiger partial charge is 0.330 e. The quantitative estimate of drug-likeness (QED) is 0.830. The first kappa shape index (κ1) is 15.6. The summed E-state index contributed by atoms with van der Waals surface area (Å²) in [6, 6.07) is 4.35. The Balaban J connectivity index is 2.52. The first-order chi connectivity index (χ1) is 8.84. The molecule has 0 fully saturated rings. The third kappa shape index (κ3) is 5.39. The maximum atomic E-state index is 12.9. The van der Waals surface area contributed by atoms with E-state index < -0.39 is 0 Å². The lowest BCUT2D eigenvalue weighted by molar-refractivity contribution is -0.116. The van der Waals surface area contributed by atoms with Crippen molar-refractivity contribution >= 4 is 11.6 Å². The van der Waals surface area contributed by atoms with Crippen LogP contribution in [0.25, 0.3) is 0 Å². The summed E-state index contributed by atoms with van der Waals surface area (Å²) in [7, 11) is 0. The Hall–Kier alpha value is -1.42. The highest BCUT2D eigenvalue weighted by Crippen LogP contribution is 2.26. The summed E-state index contributed by atoms with van der Waals surface area (Å²) in [6.07, 6.45) is 2.13. The van der Waals surface area contributed by atoms with Crippen LogP contribution in [0.3, 0.4) is 0 Å². The molecular formula is C15H23FN2O. The predicted molar refractivity (Wildman–Crippen MR) is 76.5 cm³/mol. The van der Waals surface area contributed by atoms with Gasteiger partial charge in [0.25, 0.3) is 0 Å². The zero-order chi connectivity index (χ0) is 14.5. The average Bonchev–Trinajstić information content (AvgIpc) is 2.30. The van der Waals surface area contributed by atoms with E-state index in [1.807, 2.05) is 0 Å². The molecule has 0 aromatic heterocycles. The zero-order valence-electron chi connectivity index (χ0n) is 11.9. The van der Waals surface area contributed by atoms with Crippen LogP contribution in [0.15, 0.2) is 18.2 Å². The van der Waals surface area contributed by atoms with Crippen molar-refractivity contribution in [3.05, 3.63) is 29.6 Å². The molecule has 0 radical (unpaired) electrons. The molecule has 1 aromatic rings. The van der Waals surface area contributed by atoms with Crippen molar-refractivity contribution in [1.29, 1.82) is 0 Å². The highest BCUT2D eigenvalue weighted by Gasteiger charge is 2.18. The van der Waals surface area contributed by atoms with Crippen LogP contribution in [0.1, 0.15) is 38.7 Å². The van der Waals surface area contributed by atoms with Crippen LogP contribution in [0.4, 0.5) is 10.1 Å². The van der Waals surface area contributed by atoms with E-state index in [1.165, 1.54) is 12.1 Å². The molecule has 0 aliphatic rings. The van der Waals surface area contributed by atoms with Gasteiger partial charge in [0.15, 0.2) is 0 Å². The minimum Gasteiger partial charge on any atom is -0.330 e. The van der Waals surface area contributed by atoms with E-state index in [0.717, 1.165) is 18.4 Å². The van der Waals surface area contributed by atoms with Crippen LogP contribution in [0, 0.1) is 18.2 Å². The van der Waals surface area contributed by atoms with Crippen LogP contribution in [-0.2, 0) is 4.79 Å². The van der Waals surface area contributed by atoms with Gasteiger partial charge in [-0.15, -0.1) is 0 Å². The summed E-state index contributed by atoms with van der Waals surface area (Å²) in [4.78, 5) is 11.9. The number of hydrogen-bond donors (Lipinski definition) is 2. The van der Waals surface area contributed by atoms with E-state index in [-0.39, 0.29) is 17.1 Å². The molecule has 0 saturated carbocycles. The number of aryl methyl sites for hydroxylation is 1. The van der Waals surface area contributed by atoms with E-state index >= 15 is 0 Å². The summed E-state index contributed by atoms with van der Waals surface area (Å²) >= 11 is 0. The van der Waals surface area contributed by atoms with Gasteiger partial charge in [-0.25, -0.2) is 4.39 Å². The fourth-order valence-corrected chi connectivity index (χ4v) is 1.95. The Morgan fingerprint density at radius 2 is 2.05 bits per heavy atom. The third-order valence-corrected chi connectivity index (χ3v) is 3.31. The van der Waals surface area contributed by atoms with Crippen molar-refractivity contribution < 1.29 is 9.18 Å². The van der Waals surface area contributed by atoms with Crippen LogP contribution in [-0.4, -0.2) is 12.5 Å². The van der Waals surface area contributed by atoms with E-state index in [4.69, 9.17) is 5.73 Å². The number of rotatable bonds is 6. The summed E-state index contributed by atoms with van der Waals surface area (Å²) in [5.41, 5.74) is 7.02. The van der Waals surface area contributed by atoms with Gasteiger partial charge in [-0.05, 0) is 55.5 Å². The molecule has 1 aromatic carbocycles. The molecule has 0 aliphatic heterocycles. The highest BCUT2D eigenvalue weighted by molar-refractivity contribution is 5.91. The maximum Gasteiger partial charge on any atom is 0.224 e. The smallest absolute Gasteiger partial charge is 0.224 e. The number of amides is 1. The predicted octanol–water partition coefficient (Wildman–Crippen LogP) is 3.23. The first-order valence-electron chi connectivity index (χ1n) is 6.60. The Morgan fingerprint density at radius 1 is 1.37 bits per heavy atom. The lowest BCUT2D eigenvalue weighted by Crippen LogP contribution is -2.20. The number of halogens is 1. The zero-order valence-corrected chi connectivity index (χ0v) is 11.9. The van der Waals surface area contributed by atoms with Gasteiger partial charge in [-0.2, -0.15) is 0 Å². The second-order valence-electron chi connectivity index (χ2n) is 5.71. The Morgan fingerprint density at radius 3 is 2.63 bits per heavy atom. The fourth-order valence-electron chi connectivity index (χ4n) is 1.95. The van der Waals surface area contributed by atoms with Gasteiger partial charge in [0.2, 0.25) is 5.91 Å². The SMILES string of the molecule is Cc1cc(F)ccc1NC(=O)CCC(C)(C)CCN. The van der Waals surface area contributed by atoms with Gasteiger partial charge in [0, 0.05) is 12.1 Å². The number of nitrogens with two attached hydrogens (primary N) is 1. The topological polar surface area (TPSA) is 55.1 Å². The highest BCUT2D eigenvalue weighted by atomic mass is 19.1. The molecule has 0 spiro atoms. The lowest BCUT2D eigenvalue weighted by Gasteiger charge is -2.23. The Labute approximate surface area is 114 Å². The first-order valence-corrected chi connectivity index (χ1v) is 6.60. The van der Waals surface area contributed by atoms with Crippen LogP contribution < -0.4 is 11.1 Å². The van der Waals surface area contributed by atoms with E-state index in [2.05, 4.69) is 19.2 Å². The number of carbonyl (C=O) groups excluding carboxylic acids is 1. The van der Waals surface area contributed by atoms with E-state index in [1.54, 1.807) is 13.0 Å². The van der Waals surface area contributed by atoms with Crippen molar-refractivity contribution in [3.63, 3.8) is 0 Å². The molecule has 0 bridgehead atoms. The number of carbonyl (C=O) groups is 1. The summed E-state index contributed by atoms with van der Waals surface area (Å²) in [5.74, 6) is -0.334. The molecule has 19 heavy (non-hydrogen) atoms. The normalized spacial score (nSPS) is 11.4. The molecule has 1 amide bonds. The van der Waals surface area contributed by atoms with Gasteiger partial charge >= 0.3 is 0 Å². The third-order valence-electron chi connectivity index (χ3n) is 3.31. The molecule has 4 heteroatoms. The summed E-state index contributed by atoms with van der Waals surface area (Å²) in [5, 5.41) is 2.82. The molecule has 0 aliphatic carbocycles. The fraction of sp³-hybridized carbons (Fsp3) is 0.533. The lowest BCUT2D eigenvalue weighted by atomic mass is 9.84. The second kappa shape index (κ2) is 6.66. The number of nitrogens with one attached hydrogen (secondary N) is 1. The molecule has 0 atom stereocenters. The standard InChI is InChI=1S/C15H23FN2O/c1-11-10-12(16)4-5-13(11)18-14(19)6-7-15(2,3)8-9-17/h4-5,10H,6-9,17H2,1-3H3,(H,18,19). The van der Waals surface area contributed by atoms with E-state index in [0.29, 0.717) is 18.7 Å². The van der Waals surface area contributed by atoms with Crippen molar-refractivity contribution in [1.82, 2.24) is 0 Å². The Kier molecular flexibility index (Phi) is 5.48. The molecular weight excluding hydrogens is 243 g/mol. The van der Waals surface area contributed by atoms with Gasteiger partial charge in [-0.1, -0.05) is 13.8 Å². The van der Waals surface area contributed by atoms with Crippen LogP contribution in [0.5, 0.6) is 0 Å². The summed E-state index contributed by atoms with van der Waals surface area (Å²) in [6.45, 7) is 6.62. The van der Waals surface area contributed by atoms with Gasteiger partial charge < -0.3 is 11.1 Å². The molecule has 1 rings (SSSR count). The minimum absolute atomic E-state index is 0.0418. The molecule has 0 heterocycles. The number of anilines is 1. The van der Waals surface area contributed by atoms with Crippen LogP contribution in [0.2, 0.25) is 0 Å². The second-order valence-corrected chi connectivity index (χ2v) is 5.71. The maximum absolute atomic E-state index is 12.9. The van der Waals surface area contributed by atoms with E-state index in [9.17, 15) is 9.18 Å². The summed E-state index contributed by atoms with van der Waals surface area (Å²) < 4.78 is 12.9. The minimum atomic E-state index is -0.292. The number of benzene rings is 1. The molecule has 3 nitrogen and oxygen atoms in total. The van der Waals surface area contributed by atoms with Crippen LogP contribution >= 0.6 is 0 Å². The monoisotopic (exact) mass is 266 g/mol. The number of hydrogen-bond acceptors (Lipinski definition) is 2. The van der Waals surface area contributed by atoms with Crippen molar-refractivity contribution in [2.75, 3.05) is 11.9 Å². The van der Waals surface area contributed by atoms with Crippen molar-refractivity contribution in [2.24, 2.45) is 11.1 Å². The van der Waals surface area contributed by atoms with Crippen molar-refractivity contribution in [2.45, 2.75) is 40.0 Å². The molecule has 0 saturated heterocycles. The molecule has 3 N–H and O–H groups in total. The van der Waals surface area contributed by atoms with Gasteiger partial charge in [-0.3, -0.25) is 4.79 Å². The van der Waals surface area contributed by atoms with Crippen molar-refractivity contribution in [3.8, 4) is 0 Å². The van der Waals surface area contributed by atoms with Gasteiger partial charge in [0.05, 0.1) is 0 Å².